The van der Waals surface area contributed by atoms with Crippen molar-refractivity contribution in [3.05, 3.63) is 52.7 Å². The third-order valence-corrected chi connectivity index (χ3v) is 4.74. The van der Waals surface area contributed by atoms with Gasteiger partial charge in [-0.15, -0.1) is 0 Å². The summed E-state index contributed by atoms with van der Waals surface area (Å²) in [6.07, 6.45) is 0. The molecule has 1 aliphatic heterocycles. The van der Waals surface area contributed by atoms with Crippen molar-refractivity contribution in [2.24, 2.45) is 5.92 Å². The number of rotatable bonds is 4. The van der Waals surface area contributed by atoms with E-state index in [1.165, 1.54) is 43.3 Å². The van der Waals surface area contributed by atoms with Gasteiger partial charge in [-0.1, -0.05) is 23.7 Å². The minimum atomic E-state index is -1.19. The lowest BCUT2D eigenvalue weighted by atomic mass is 9.87. The third-order valence-electron chi connectivity index (χ3n) is 4.45. The summed E-state index contributed by atoms with van der Waals surface area (Å²) in [5.74, 6) is -4.80. The second kappa shape index (κ2) is 7.48. The number of likely N-dealkylation sites (tertiary alicyclic amines) is 1. The number of methoxy groups -OCH3 is 1. The highest BCUT2D eigenvalue weighted by Crippen LogP contribution is 2.39. The van der Waals surface area contributed by atoms with E-state index in [0.717, 1.165) is 6.07 Å². The molecule has 2 atom stereocenters. The first kappa shape index (κ1) is 19.0. The largest absolute Gasteiger partial charge is 0.492 e. The average molecular weight is 396 g/mol. The molecule has 1 aromatic carbocycles. The van der Waals surface area contributed by atoms with Crippen LogP contribution >= 0.6 is 11.6 Å². The van der Waals surface area contributed by atoms with E-state index in [9.17, 15) is 18.4 Å². The Morgan fingerprint density at radius 2 is 2.07 bits per heavy atom. The second-order valence-corrected chi connectivity index (χ2v) is 6.53. The standard InChI is InChI=1S/C18H16ClF2N3O3/c1-24-8-10(9-6-7-11(19)16(27-2)15(9)21)14(18(24)26)17(25)23-13-5-3-4-12(20)22-13/h3-7,10,14H,8H2,1-2H3,(H,22,23,25)/t10-,14+/m1/s1. The number of anilines is 1. The quantitative estimate of drug-likeness (QED) is 0.638. The zero-order chi connectivity index (χ0) is 19.7. The van der Waals surface area contributed by atoms with Crippen LogP contribution in [0, 0.1) is 17.7 Å². The Hall–Kier alpha value is -2.74. The molecule has 142 valence electrons. The highest BCUT2D eigenvalue weighted by molar-refractivity contribution is 6.32. The fourth-order valence-electron chi connectivity index (χ4n) is 3.18. The minimum absolute atomic E-state index is 0.0322. The van der Waals surface area contributed by atoms with Crippen LogP contribution in [0.3, 0.4) is 0 Å². The summed E-state index contributed by atoms with van der Waals surface area (Å²) >= 11 is 5.92. The molecule has 9 heteroatoms. The molecular weight excluding hydrogens is 380 g/mol. The molecule has 0 radical (unpaired) electrons. The Labute approximate surface area is 159 Å². The first-order chi connectivity index (χ1) is 12.8. The van der Waals surface area contributed by atoms with Gasteiger partial charge in [0, 0.05) is 19.5 Å². The molecule has 2 amide bonds. The van der Waals surface area contributed by atoms with Crippen molar-refractivity contribution in [3.63, 3.8) is 0 Å². The molecule has 1 aliphatic rings. The van der Waals surface area contributed by atoms with Crippen LogP contribution < -0.4 is 10.1 Å². The minimum Gasteiger partial charge on any atom is -0.492 e. The smallest absolute Gasteiger partial charge is 0.238 e. The highest BCUT2D eigenvalue weighted by Gasteiger charge is 2.45. The number of carbonyl (C=O) groups excluding carboxylic acids is 2. The van der Waals surface area contributed by atoms with Gasteiger partial charge in [-0.25, -0.2) is 9.37 Å². The number of ether oxygens (including phenoxy) is 1. The van der Waals surface area contributed by atoms with E-state index in [0.29, 0.717) is 0 Å². The van der Waals surface area contributed by atoms with Crippen LogP contribution in [0.1, 0.15) is 11.5 Å². The van der Waals surface area contributed by atoms with Crippen molar-refractivity contribution in [2.45, 2.75) is 5.92 Å². The molecular formula is C18H16ClF2N3O3. The van der Waals surface area contributed by atoms with E-state index < -0.39 is 35.4 Å². The van der Waals surface area contributed by atoms with Crippen molar-refractivity contribution in [3.8, 4) is 5.75 Å². The molecule has 0 bridgehead atoms. The Balaban J connectivity index is 1.95. The van der Waals surface area contributed by atoms with Gasteiger partial charge in [0.05, 0.1) is 12.1 Å². The topological polar surface area (TPSA) is 71.5 Å². The van der Waals surface area contributed by atoms with Gasteiger partial charge < -0.3 is 15.0 Å². The first-order valence-corrected chi connectivity index (χ1v) is 8.41. The number of halogens is 3. The molecule has 1 N–H and O–H groups in total. The van der Waals surface area contributed by atoms with Crippen LogP contribution in [0.15, 0.2) is 30.3 Å². The summed E-state index contributed by atoms with van der Waals surface area (Å²) < 4.78 is 33.0. The SMILES string of the molecule is COc1c(Cl)ccc([C@H]2CN(C)C(=O)[C@@H]2C(=O)Nc2cccc(F)n2)c1F. The monoisotopic (exact) mass is 395 g/mol. The van der Waals surface area contributed by atoms with E-state index in [2.05, 4.69) is 10.3 Å². The fraction of sp³-hybridized carbons (Fsp3) is 0.278. The number of pyridine rings is 1. The lowest BCUT2D eigenvalue weighted by Crippen LogP contribution is -2.33. The Kier molecular flexibility index (Phi) is 5.27. The number of nitrogens with one attached hydrogen (secondary N) is 1. The predicted molar refractivity (Wildman–Crippen MR) is 94.7 cm³/mol. The Bertz CT molecular complexity index is 909. The van der Waals surface area contributed by atoms with Gasteiger partial charge in [0.25, 0.3) is 0 Å². The summed E-state index contributed by atoms with van der Waals surface area (Å²) in [6.45, 7) is 0.134. The van der Waals surface area contributed by atoms with Crippen molar-refractivity contribution >= 4 is 29.2 Å². The van der Waals surface area contributed by atoms with Crippen molar-refractivity contribution < 1.29 is 23.1 Å². The Morgan fingerprint density at radius 3 is 2.74 bits per heavy atom. The molecule has 1 fully saturated rings. The van der Waals surface area contributed by atoms with Crippen molar-refractivity contribution in [1.29, 1.82) is 0 Å². The first-order valence-electron chi connectivity index (χ1n) is 8.03. The number of benzene rings is 1. The maximum absolute atomic E-state index is 14.8. The van der Waals surface area contributed by atoms with Crippen LogP contribution in [-0.2, 0) is 9.59 Å². The lowest BCUT2D eigenvalue weighted by Gasteiger charge is -2.18. The summed E-state index contributed by atoms with van der Waals surface area (Å²) in [5, 5.41) is 2.50. The van der Waals surface area contributed by atoms with Gasteiger partial charge in [-0.2, -0.15) is 4.39 Å². The highest BCUT2D eigenvalue weighted by atomic mass is 35.5. The Morgan fingerprint density at radius 1 is 1.33 bits per heavy atom. The molecule has 27 heavy (non-hydrogen) atoms. The van der Waals surface area contributed by atoms with Crippen LogP contribution in [0.25, 0.3) is 0 Å². The molecule has 0 spiro atoms. The van der Waals surface area contributed by atoms with E-state index in [4.69, 9.17) is 16.3 Å². The molecule has 1 saturated heterocycles. The van der Waals surface area contributed by atoms with Gasteiger partial charge in [0.2, 0.25) is 17.8 Å². The van der Waals surface area contributed by atoms with Gasteiger partial charge in [-0.05, 0) is 23.8 Å². The molecule has 3 rings (SSSR count). The summed E-state index contributed by atoms with van der Waals surface area (Å²) in [5.41, 5.74) is 0.140. The fourth-order valence-corrected chi connectivity index (χ4v) is 3.40. The number of aromatic nitrogens is 1. The number of likely N-dealkylation sites (N-methyl/N-ethyl adjacent to an activating group) is 1. The lowest BCUT2D eigenvalue weighted by molar-refractivity contribution is -0.135. The van der Waals surface area contributed by atoms with E-state index in [-0.39, 0.29) is 28.7 Å². The zero-order valence-corrected chi connectivity index (χ0v) is 15.3. The second-order valence-electron chi connectivity index (χ2n) is 6.12. The number of hydrogen-bond acceptors (Lipinski definition) is 4. The van der Waals surface area contributed by atoms with Crippen molar-refractivity contribution in [2.75, 3.05) is 26.0 Å². The zero-order valence-electron chi connectivity index (χ0n) is 14.5. The number of carbonyl (C=O) groups is 2. The molecule has 0 saturated carbocycles. The molecule has 2 aromatic rings. The van der Waals surface area contributed by atoms with Gasteiger partial charge in [0.1, 0.15) is 11.7 Å². The number of amides is 2. The molecule has 2 heterocycles. The molecule has 0 aliphatic carbocycles. The van der Waals surface area contributed by atoms with E-state index in [1.807, 2.05) is 0 Å². The van der Waals surface area contributed by atoms with Crippen LogP contribution in [-0.4, -0.2) is 42.4 Å². The van der Waals surface area contributed by atoms with Crippen LogP contribution in [0.2, 0.25) is 5.02 Å². The summed E-state index contributed by atoms with van der Waals surface area (Å²) in [6, 6.07) is 6.78. The van der Waals surface area contributed by atoms with Gasteiger partial charge >= 0.3 is 0 Å². The number of hydrogen-bond donors (Lipinski definition) is 1. The molecule has 0 unspecified atom stereocenters. The normalized spacial score (nSPS) is 19.3. The van der Waals surface area contributed by atoms with Crippen LogP contribution in [0.4, 0.5) is 14.6 Å². The molecule has 1 aromatic heterocycles. The average Bonchev–Trinajstić information content (AvgIpc) is 2.90. The van der Waals surface area contributed by atoms with Crippen LogP contribution in [0.5, 0.6) is 5.75 Å². The summed E-state index contributed by atoms with van der Waals surface area (Å²) in [4.78, 5) is 30.1. The maximum Gasteiger partial charge on any atom is 0.238 e. The summed E-state index contributed by atoms with van der Waals surface area (Å²) in [7, 11) is 2.80. The van der Waals surface area contributed by atoms with E-state index >= 15 is 0 Å². The number of nitrogens with zero attached hydrogens (tertiary/aromatic N) is 2. The van der Waals surface area contributed by atoms with Gasteiger partial charge in [-0.3, -0.25) is 9.59 Å². The maximum atomic E-state index is 14.8. The third kappa shape index (κ3) is 3.57. The van der Waals surface area contributed by atoms with Crippen molar-refractivity contribution in [1.82, 2.24) is 9.88 Å². The van der Waals surface area contributed by atoms with E-state index in [1.54, 1.807) is 0 Å². The molecule has 6 nitrogen and oxygen atoms in total. The van der Waals surface area contributed by atoms with Gasteiger partial charge in [0.15, 0.2) is 11.6 Å². The predicted octanol–water partition coefficient (Wildman–Crippen LogP) is 2.83.